The first-order valence-electron chi connectivity index (χ1n) is 4.42. The molecule has 1 heteroatoms. The van der Waals surface area contributed by atoms with E-state index in [-0.39, 0.29) is 0 Å². The molecular weight excluding hydrogens is 122 g/mol. The van der Waals surface area contributed by atoms with E-state index in [9.17, 15) is 0 Å². The van der Waals surface area contributed by atoms with E-state index in [1.54, 1.807) is 0 Å². The average Bonchev–Trinajstić information content (AvgIpc) is 2.48. The zero-order valence-electron chi connectivity index (χ0n) is 6.98. The van der Waals surface area contributed by atoms with Crippen LogP contribution in [-0.4, -0.2) is 13.6 Å². The number of fused-ring (bicyclic) bond motifs is 1. The van der Waals surface area contributed by atoms with Crippen molar-refractivity contribution in [3.63, 3.8) is 0 Å². The lowest BCUT2D eigenvalue weighted by molar-refractivity contribution is 0.347. The Morgan fingerprint density at radius 3 is 2.70 bits per heavy atom. The van der Waals surface area contributed by atoms with Gasteiger partial charge in [0, 0.05) is 0 Å². The summed E-state index contributed by atoms with van der Waals surface area (Å²) in [6.07, 6.45) is 4.49. The van der Waals surface area contributed by atoms with Crippen LogP contribution in [0.5, 0.6) is 0 Å². The van der Waals surface area contributed by atoms with Gasteiger partial charge in [0.2, 0.25) is 0 Å². The maximum atomic E-state index is 3.29. The Labute approximate surface area is 63.2 Å². The molecule has 0 aromatic heterocycles. The lowest BCUT2D eigenvalue weighted by Crippen LogP contribution is -2.23. The predicted octanol–water partition coefficient (Wildman–Crippen LogP) is 1.64. The van der Waals surface area contributed by atoms with Crippen LogP contribution in [0.3, 0.4) is 0 Å². The molecule has 0 saturated heterocycles. The Morgan fingerprint density at radius 1 is 1.50 bits per heavy atom. The molecular formula is C9H17N. The summed E-state index contributed by atoms with van der Waals surface area (Å²) in [5.74, 6) is 2.09. The summed E-state index contributed by atoms with van der Waals surface area (Å²) in [7, 11) is 2.07. The van der Waals surface area contributed by atoms with Gasteiger partial charge in [-0.2, -0.15) is 0 Å². The van der Waals surface area contributed by atoms with Gasteiger partial charge in [0.15, 0.2) is 0 Å². The topological polar surface area (TPSA) is 12.0 Å². The predicted molar refractivity (Wildman–Crippen MR) is 42.9 cm³/mol. The second-order valence-electron chi connectivity index (χ2n) is 4.24. The summed E-state index contributed by atoms with van der Waals surface area (Å²) < 4.78 is 0. The molecule has 0 aromatic rings. The van der Waals surface area contributed by atoms with E-state index in [2.05, 4.69) is 19.3 Å². The van der Waals surface area contributed by atoms with Gasteiger partial charge in [-0.25, -0.2) is 0 Å². The van der Waals surface area contributed by atoms with Gasteiger partial charge in [-0.1, -0.05) is 6.92 Å². The normalized spacial score (nSPS) is 51.0. The van der Waals surface area contributed by atoms with Crippen LogP contribution in [0.4, 0.5) is 0 Å². The van der Waals surface area contributed by atoms with Crippen molar-refractivity contribution in [1.82, 2.24) is 5.32 Å². The third-order valence-corrected chi connectivity index (χ3v) is 3.71. The molecule has 2 fully saturated rings. The maximum absolute atomic E-state index is 3.29. The molecule has 0 amide bonds. The van der Waals surface area contributed by atoms with Crippen LogP contribution >= 0.6 is 0 Å². The standard InChI is InChI=1S/C9H17N/c1-9-5-7(9)3-4-8(9)6-10-2/h7-8,10H,3-6H2,1-2H3/t7?,8-,9?/m1/s1. The second-order valence-corrected chi connectivity index (χ2v) is 4.24. The zero-order valence-corrected chi connectivity index (χ0v) is 6.98. The molecule has 58 valence electrons. The van der Waals surface area contributed by atoms with Crippen molar-refractivity contribution in [2.24, 2.45) is 17.3 Å². The van der Waals surface area contributed by atoms with Gasteiger partial charge in [0.25, 0.3) is 0 Å². The number of hydrogen-bond acceptors (Lipinski definition) is 1. The molecule has 0 aromatic carbocycles. The second kappa shape index (κ2) is 1.97. The number of hydrogen-bond donors (Lipinski definition) is 1. The Kier molecular flexibility index (Phi) is 1.31. The molecule has 0 spiro atoms. The minimum Gasteiger partial charge on any atom is -0.319 e. The van der Waals surface area contributed by atoms with Gasteiger partial charge in [-0.05, 0) is 50.1 Å². The summed E-state index contributed by atoms with van der Waals surface area (Å²) >= 11 is 0. The van der Waals surface area contributed by atoms with E-state index >= 15 is 0 Å². The van der Waals surface area contributed by atoms with Crippen LogP contribution in [0.15, 0.2) is 0 Å². The van der Waals surface area contributed by atoms with Crippen molar-refractivity contribution in [1.29, 1.82) is 0 Å². The lowest BCUT2D eigenvalue weighted by Gasteiger charge is -2.17. The molecule has 0 heterocycles. The molecule has 3 atom stereocenters. The van der Waals surface area contributed by atoms with E-state index in [4.69, 9.17) is 0 Å². The molecule has 0 radical (unpaired) electrons. The smallest absolute Gasteiger partial charge is 0.00182 e. The summed E-state index contributed by atoms with van der Waals surface area (Å²) in [5, 5.41) is 3.29. The molecule has 2 unspecified atom stereocenters. The average molecular weight is 139 g/mol. The van der Waals surface area contributed by atoms with Gasteiger partial charge in [-0.15, -0.1) is 0 Å². The molecule has 2 aliphatic carbocycles. The van der Waals surface area contributed by atoms with Gasteiger partial charge < -0.3 is 5.32 Å². The van der Waals surface area contributed by atoms with Crippen LogP contribution in [0, 0.1) is 17.3 Å². The lowest BCUT2D eigenvalue weighted by atomic mass is 9.92. The monoisotopic (exact) mass is 139 g/mol. The van der Waals surface area contributed by atoms with Crippen LogP contribution in [0.25, 0.3) is 0 Å². The third-order valence-electron chi connectivity index (χ3n) is 3.71. The first kappa shape index (κ1) is 6.66. The molecule has 2 aliphatic rings. The Bertz CT molecular complexity index is 142. The van der Waals surface area contributed by atoms with Crippen LogP contribution in [-0.2, 0) is 0 Å². The summed E-state index contributed by atoms with van der Waals surface area (Å²) in [4.78, 5) is 0. The minimum atomic E-state index is 0.767. The molecule has 2 rings (SSSR count). The molecule has 10 heavy (non-hydrogen) atoms. The molecule has 2 saturated carbocycles. The zero-order chi connectivity index (χ0) is 7.19. The largest absolute Gasteiger partial charge is 0.319 e. The van der Waals surface area contributed by atoms with Crippen LogP contribution in [0.1, 0.15) is 26.2 Å². The van der Waals surface area contributed by atoms with E-state index in [0.29, 0.717) is 0 Å². The van der Waals surface area contributed by atoms with Crippen molar-refractivity contribution < 1.29 is 0 Å². The van der Waals surface area contributed by atoms with Crippen molar-refractivity contribution in [3.05, 3.63) is 0 Å². The SMILES string of the molecule is CNC[C@H]1CCC2CC21C. The van der Waals surface area contributed by atoms with E-state index in [1.165, 1.54) is 25.8 Å². The fraction of sp³-hybridized carbons (Fsp3) is 1.00. The fourth-order valence-corrected chi connectivity index (χ4v) is 2.72. The highest BCUT2D eigenvalue weighted by atomic mass is 14.8. The van der Waals surface area contributed by atoms with Gasteiger partial charge >= 0.3 is 0 Å². The highest BCUT2D eigenvalue weighted by Gasteiger charge is 2.58. The summed E-state index contributed by atoms with van der Waals surface area (Å²) in [5.41, 5.74) is 0.767. The van der Waals surface area contributed by atoms with E-state index < -0.39 is 0 Å². The summed E-state index contributed by atoms with van der Waals surface area (Å²) in [6, 6.07) is 0. The highest BCUT2D eigenvalue weighted by Crippen LogP contribution is 2.65. The fourth-order valence-electron chi connectivity index (χ4n) is 2.72. The molecule has 0 bridgehead atoms. The number of nitrogens with one attached hydrogen (secondary N) is 1. The first-order valence-corrected chi connectivity index (χ1v) is 4.42. The maximum Gasteiger partial charge on any atom is -0.00182 e. The molecule has 0 aliphatic heterocycles. The highest BCUT2D eigenvalue weighted by molar-refractivity contribution is 5.08. The minimum absolute atomic E-state index is 0.767. The Hall–Kier alpha value is -0.0400. The molecule has 1 N–H and O–H groups in total. The van der Waals surface area contributed by atoms with Crippen LogP contribution in [0.2, 0.25) is 0 Å². The Balaban J connectivity index is 1.97. The van der Waals surface area contributed by atoms with Crippen molar-refractivity contribution in [2.75, 3.05) is 13.6 Å². The van der Waals surface area contributed by atoms with E-state index in [0.717, 1.165) is 17.3 Å². The third kappa shape index (κ3) is 0.731. The van der Waals surface area contributed by atoms with Crippen molar-refractivity contribution in [2.45, 2.75) is 26.2 Å². The Morgan fingerprint density at radius 2 is 2.30 bits per heavy atom. The van der Waals surface area contributed by atoms with Crippen LogP contribution < -0.4 is 5.32 Å². The van der Waals surface area contributed by atoms with E-state index in [1.807, 2.05) is 0 Å². The van der Waals surface area contributed by atoms with Gasteiger partial charge in [0.05, 0.1) is 0 Å². The van der Waals surface area contributed by atoms with Crippen molar-refractivity contribution in [3.8, 4) is 0 Å². The van der Waals surface area contributed by atoms with Gasteiger partial charge in [0.1, 0.15) is 0 Å². The molecule has 1 nitrogen and oxygen atoms in total. The quantitative estimate of drug-likeness (QED) is 0.613. The van der Waals surface area contributed by atoms with Crippen molar-refractivity contribution >= 4 is 0 Å². The first-order chi connectivity index (χ1) is 4.77. The summed E-state index contributed by atoms with van der Waals surface area (Å²) in [6.45, 7) is 3.71. The van der Waals surface area contributed by atoms with Gasteiger partial charge in [-0.3, -0.25) is 0 Å². The number of rotatable bonds is 2.